The highest BCUT2D eigenvalue weighted by Crippen LogP contribution is 2.20. The number of benzene rings is 1. The Morgan fingerprint density at radius 1 is 1.10 bits per heavy atom. The van der Waals surface area contributed by atoms with Crippen LogP contribution in [0.5, 0.6) is 5.75 Å². The maximum Gasteiger partial charge on any atom is 0.152 e. The molecule has 0 aliphatic carbocycles. The summed E-state index contributed by atoms with van der Waals surface area (Å²) in [6.07, 6.45) is 1.63. The van der Waals surface area contributed by atoms with Gasteiger partial charge < -0.3 is 10.1 Å². The summed E-state index contributed by atoms with van der Waals surface area (Å²) >= 11 is 0. The lowest BCUT2D eigenvalue weighted by Gasteiger charge is -2.18. The fourth-order valence-corrected chi connectivity index (χ4v) is 3.79. The summed E-state index contributed by atoms with van der Waals surface area (Å²) in [5, 5.41) is 3.26. The SMILES string of the molecule is CCCOc1ccc(C(CS(=O)(=O)CCC)NCC)cc1. The van der Waals surface area contributed by atoms with E-state index in [4.69, 9.17) is 4.74 Å². The van der Waals surface area contributed by atoms with Crippen LogP contribution < -0.4 is 10.1 Å². The van der Waals surface area contributed by atoms with Crippen LogP contribution in [0.25, 0.3) is 0 Å². The van der Waals surface area contributed by atoms with Crippen molar-refractivity contribution in [3.8, 4) is 5.75 Å². The average molecular weight is 313 g/mol. The molecule has 1 unspecified atom stereocenters. The molecule has 0 saturated carbocycles. The largest absolute Gasteiger partial charge is 0.494 e. The Kier molecular flexibility index (Phi) is 7.75. The summed E-state index contributed by atoms with van der Waals surface area (Å²) in [7, 11) is -3.02. The molecular weight excluding hydrogens is 286 g/mol. The van der Waals surface area contributed by atoms with Gasteiger partial charge in [0, 0.05) is 11.8 Å². The summed E-state index contributed by atoms with van der Waals surface area (Å²) in [5.74, 6) is 1.21. The van der Waals surface area contributed by atoms with Gasteiger partial charge in [-0.15, -0.1) is 0 Å². The third-order valence-electron chi connectivity index (χ3n) is 3.14. The lowest BCUT2D eigenvalue weighted by molar-refractivity contribution is 0.317. The smallest absolute Gasteiger partial charge is 0.152 e. The molecule has 4 nitrogen and oxygen atoms in total. The molecule has 0 aromatic heterocycles. The maximum atomic E-state index is 12.0. The summed E-state index contributed by atoms with van der Waals surface area (Å²) in [6.45, 7) is 7.37. The second-order valence-corrected chi connectivity index (χ2v) is 7.37. The van der Waals surface area contributed by atoms with Gasteiger partial charge in [-0.2, -0.15) is 0 Å². The quantitative estimate of drug-likeness (QED) is 0.721. The Balaban J connectivity index is 2.80. The van der Waals surface area contributed by atoms with Gasteiger partial charge in [0.2, 0.25) is 0 Å². The van der Waals surface area contributed by atoms with Crippen molar-refractivity contribution in [1.82, 2.24) is 5.32 Å². The Morgan fingerprint density at radius 3 is 2.29 bits per heavy atom. The molecule has 120 valence electrons. The van der Waals surface area contributed by atoms with Crippen molar-refractivity contribution in [2.24, 2.45) is 0 Å². The monoisotopic (exact) mass is 313 g/mol. The van der Waals surface area contributed by atoms with E-state index in [0.717, 1.165) is 24.3 Å². The molecule has 1 atom stereocenters. The highest BCUT2D eigenvalue weighted by molar-refractivity contribution is 7.91. The molecule has 0 saturated heterocycles. The predicted octanol–water partition coefficient (Wildman–Crippen LogP) is 2.95. The molecule has 0 amide bonds. The van der Waals surface area contributed by atoms with Crippen molar-refractivity contribution in [3.05, 3.63) is 29.8 Å². The van der Waals surface area contributed by atoms with Crippen LogP contribution in [0.2, 0.25) is 0 Å². The second-order valence-electron chi connectivity index (χ2n) is 5.14. The fourth-order valence-electron chi connectivity index (χ4n) is 2.18. The minimum absolute atomic E-state index is 0.143. The molecule has 5 heteroatoms. The number of hydrogen-bond donors (Lipinski definition) is 1. The molecule has 0 aliphatic rings. The van der Waals surface area contributed by atoms with Gasteiger partial charge >= 0.3 is 0 Å². The first-order valence-corrected chi connectivity index (χ1v) is 9.51. The molecule has 0 bridgehead atoms. The Bertz CT molecular complexity index is 497. The molecule has 0 spiro atoms. The molecule has 0 aliphatic heterocycles. The van der Waals surface area contributed by atoms with Gasteiger partial charge in [0.25, 0.3) is 0 Å². The third kappa shape index (κ3) is 6.48. The summed E-state index contributed by atoms with van der Waals surface area (Å²) in [4.78, 5) is 0. The Hall–Kier alpha value is -1.07. The molecule has 0 fully saturated rings. The average Bonchev–Trinajstić information content (AvgIpc) is 2.45. The number of nitrogens with one attached hydrogen (secondary N) is 1. The lowest BCUT2D eigenvalue weighted by atomic mass is 10.1. The first-order chi connectivity index (χ1) is 10.0. The van der Waals surface area contributed by atoms with Crippen LogP contribution >= 0.6 is 0 Å². The van der Waals surface area contributed by atoms with Crippen LogP contribution in [-0.2, 0) is 9.84 Å². The molecular formula is C16H27NO3S. The number of ether oxygens (including phenoxy) is 1. The topological polar surface area (TPSA) is 55.4 Å². The number of sulfone groups is 1. The maximum absolute atomic E-state index is 12.0. The van der Waals surface area contributed by atoms with Gasteiger partial charge in [-0.1, -0.05) is 32.9 Å². The van der Waals surface area contributed by atoms with Crippen molar-refractivity contribution in [2.45, 2.75) is 39.7 Å². The van der Waals surface area contributed by atoms with Crippen LogP contribution in [0.1, 0.15) is 45.2 Å². The van der Waals surface area contributed by atoms with Crippen molar-refractivity contribution < 1.29 is 13.2 Å². The molecule has 0 radical (unpaired) electrons. The number of hydrogen-bond acceptors (Lipinski definition) is 4. The minimum Gasteiger partial charge on any atom is -0.494 e. The third-order valence-corrected chi connectivity index (χ3v) is 5.01. The molecule has 1 aromatic carbocycles. The van der Waals surface area contributed by atoms with E-state index in [1.54, 1.807) is 0 Å². The molecule has 1 aromatic rings. The Morgan fingerprint density at radius 2 is 1.76 bits per heavy atom. The molecule has 21 heavy (non-hydrogen) atoms. The van der Waals surface area contributed by atoms with E-state index in [1.807, 2.05) is 38.1 Å². The molecule has 1 rings (SSSR count). The van der Waals surface area contributed by atoms with Crippen LogP contribution in [0.15, 0.2) is 24.3 Å². The van der Waals surface area contributed by atoms with Crippen LogP contribution in [0.4, 0.5) is 0 Å². The normalized spacial score (nSPS) is 13.1. The summed E-state index contributed by atoms with van der Waals surface area (Å²) in [6, 6.07) is 7.54. The van der Waals surface area contributed by atoms with E-state index >= 15 is 0 Å². The van der Waals surface area contributed by atoms with E-state index in [9.17, 15) is 8.42 Å². The first kappa shape index (κ1) is 18.0. The minimum atomic E-state index is -3.02. The standard InChI is InChI=1S/C16H27NO3S/c1-4-11-20-15-9-7-14(8-10-15)16(17-6-3)13-21(18,19)12-5-2/h7-10,16-17H,4-6,11-13H2,1-3H3. The zero-order chi connectivity index (χ0) is 15.7. The highest BCUT2D eigenvalue weighted by atomic mass is 32.2. The molecule has 0 heterocycles. The highest BCUT2D eigenvalue weighted by Gasteiger charge is 2.19. The van der Waals surface area contributed by atoms with Crippen molar-refractivity contribution in [1.29, 1.82) is 0 Å². The van der Waals surface area contributed by atoms with Gasteiger partial charge in [-0.05, 0) is 37.1 Å². The molecule has 1 N–H and O–H groups in total. The van der Waals surface area contributed by atoms with Crippen LogP contribution in [0.3, 0.4) is 0 Å². The summed E-state index contributed by atoms with van der Waals surface area (Å²) in [5.41, 5.74) is 0.986. The van der Waals surface area contributed by atoms with Gasteiger partial charge in [-0.3, -0.25) is 0 Å². The fraction of sp³-hybridized carbons (Fsp3) is 0.625. The van der Waals surface area contributed by atoms with E-state index in [1.165, 1.54) is 0 Å². The van der Waals surface area contributed by atoms with Gasteiger partial charge in [0.1, 0.15) is 5.75 Å². The Labute approximate surface area is 128 Å². The van der Waals surface area contributed by atoms with Crippen molar-refractivity contribution in [2.75, 3.05) is 24.7 Å². The second kappa shape index (κ2) is 9.05. The lowest BCUT2D eigenvalue weighted by Crippen LogP contribution is -2.29. The predicted molar refractivity (Wildman–Crippen MR) is 87.6 cm³/mol. The number of rotatable bonds is 10. The zero-order valence-corrected chi connectivity index (χ0v) is 14.1. The van der Waals surface area contributed by atoms with Gasteiger partial charge in [0.15, 0.2) is 9.84 Å². The van der Waals surface area contributed by atoms with E-state index in [0.29, 0.717) is 13.0 Å². The van der Waals surface area contributed by atoms with E-state index in [-0.39, 0.29) is 17.5 Å². The van der Waals surface area contributed by atoms with E-state index < -0.39 is 9.84 Å². The van der Waals surface area contributed by atoms with Crippen LogP contribution in [0, 0.1) is 0 Å². The first-order valence-electron chi connectivity index (χ1n) is 7.69. The van der Waals surface area contributed by atoms with Crippen molar-refractivity contribution >= 4 is 9.84 Å². The van der Waals surface area contributed by atoms with E-state index in [2.05, 4.69) is 12.2 Å². The summed E-state index contributed by atoms with van der Waals surface area (Å²) < 4.78 is 29.6. The zero-order valence-electron chi connectivity index (χ0n) is 13.3. The van der Waals surface area contributed by atoms with Gasteiger partial charge in [0.05, 0.1) is 12.4 Å². The van der Waals surface area contributed by atoms with Crippen molar-refractivity contribution in [3.63, 3.8) is 0 Å². The van der Waals surface area contributed by atoms with Gasteiger partial charge in [-0.25, -0.2) is 8.42 Å². The van der Waals surface area contributed by atoms with Crippen LogP contribution in [-0.4, -0.2) is 33.1 Å².